The molecule has 0 amide bonds. The highest BCUT2D eigenvalue weighted by atomic mass is 32.2. The number of hydrogen-bond donors (Lipinski definition) is 1. The molecule has 0 aromatic carbocycles. The second-order valence-corrected chi connectivity index (χ2v) is 6.80. The fourth-order valence-corrected chi connectivity index (χ4v) is 2.35. The maximum Gasteiger partial charge on any atom is 0.458 e. The molecule has 0 saturated heterocycles. The highest BCUT2D eigenvalue weighted by Gasteiger charge is 2.87. The van der Waals surface area contributed by atoms with Crippen LogP contribution in [-0.2, 0) is 10.1 Å². The summed E-state index contributed by atoms with van der Waals surface area (Å²) in [5, 5.41) is -7.18. The summed E-state index contributed by atoms with van der Waals surface area (Å²) in [7, 11) is -7.42. The van der Waals surface area contributed by atoms with E-state index in [9.17, 15) is 83.1 Å². The third-order valence-electron chi connectivity index (χ3n) is 3.24. The molecule has 1 aliphatic carbocycles. The Kier molecular flexibility index (Phi) is 6.82. The second kappa shape index (κ2) is 7.12. The second-order valence-electron chi connectivity index (χ2n) is 5.29. The highest BCUT2D eigenvalue weighted by molar-refractivity contribution is 7.87. The van der Waals surface area contributed by atoms with Crippen LogP contribution in [0.3, 0.4) is 0 Å². The van der Waals surface area contributed by atoms with Crippen molar-refractivity contribution in [1.29, 1.82) is 0 Å². The van der Waals surface area contributed by atoms with E-state index in [0.717, 1.165) is 0 Å². The summed E-state index contributed by atoms with van der Waals surface area (Å²) in [5.41, 5.74) is 0. The number of alkyl halides is 17. The van der Waals surface area contributed by atoms with Crippen LogP contribution in [0.4, 0.5) is 74.6 Å². The van der Waals surface area contributed by atoms with Crippen molar-refractivity contribution in [3.63, 3.8) is 0 Å². The van der Waals surface area contributed by atoms with Gasteiger partial charge < -0.3 is 0 Å². The van der Waals surface area contributed by atoms with Crippen molar-refractivity contribution in [2.45, 2.75) is 53.4 Å². The lowest BCUT2D eigenvalue weighted by Gasteiger charge is -2.32. The molecule has 3 unspecified atom stereocenters. The van der Waals surface area contributed by atoms with Crippen molar-refractivity contribution in [3.05, 3.63) is 0 Å². The van der Waals surface area contributed by atoms with Gasteiger partial charge in [0.2, 0.25) is 12.3 Å². The summed E-state index contributed by atoms with van der Waals surface area (Å²) in [6.45, 7) is 0. The molecule has 21 heteroatoms. The van der Waals surface area contributed by atoms with Crippen molar-refractivity contribution in [2.24, 2.45) is 0 Å². The van der Waals surface area contributed by atoms with E-state index in [0.29, 0.717) is 0 Å². The Morgan fingerprint density at radius 1 is 0.633 bits per heavy atom. The Labute approximate surface area is 152 Å². The van der Waals surface area contributed by atoms with Crippen LogP contribution in [0.1, 0.15) is 0 Å². The molecule has 30 heavy (non-hydrogen) atoms. The van der Waals surface area contributed by atoms with E-state index >= 15 is 0 Å². The Balaban J connectivity index is 0.000000579. The van der Waals surface area contributed by atoms with Gasteiger partial charge in [-0.05, 0) is 0 Å². The molecule has 0 bridgehead atoms. The number of rotatable bonds is 2. The molecule has 1 aliphatic rings. The lowest BCUT2D eigenvalue weighted by molar-refractivity contribution is -0.359. The SMILES string of the molecule is FC1C(F)(F)C(F)C(F)(F)C1(F)F.O=S(=O)(O)C(F)(C(F)(F)F)C(F)(F)C(F)(F)F. The molecule has 3 nitrogen and oxygen atoms in total. The lowest BCUT2D eigenvalue weighted by atomic mass is 10.2. The molecule has 0 aromatic heterocycles. The first-order valence-electron chi connectivity index (χ1n) is 6.15. The zero-order valence-corrected chi connectivity index (χ0v) is 13.6. The Hall–Kier alpha value is -1.28. The smallest absolute Gasteiger partial charge is 0.283 e. The summed E-state index contributed by atoms with van der Waals surface area (Å²) in [6.07, 6.45) is -23.4. The van der Waals surface area contributed by atoms with Crippen molar-refractivity contribution < 1.29 is 87.6 Å². The minimum Gasteiger partial charge on any atom is -0.283 e. The quantitative estimate of drug-likeness (QED) is 0.423. The summed E-state index contributed by atoms with van der Waals surface area (Å²) in [5.74, 6) is -24.1. The molecular weight excluding hydrogens is 511 g/mol. The fraction of sp³-hybridized carbons (Fsp3) is 1.00. The molecule has 3 atom stereocenters. The van der Waals surface area contributed by atoms with Crippen molar-refractivity contribution >= 4 is 10.1 Å². The Morgan fingerprint density at radius 2 is 0.900 bits per heavy atom. The Morgan fingerprint density at radius 3 is 0.967 bits per heavy atom. The van der Waals surface area contributed by atoms with Crippen LogP contribution < -0.4 is 0 Å². The van der Waals surface area contributed by atoms with Crippen LogP contribution in [0, 0.1) is 0 Å². The first-order valence-corrected chi connectivity index (χ1v) is 7.59. The van der Waals surface area contributed by atoms with Crippen molar-refractivity contribution in [3.8, 4) is 0 Å². The van der Waals surface area contributed by atoms with Gasteiger partial charge in [-0.1, -0.05) is 0 Å². The van der Waals surface area contributed by atoms with Crippen LogP contribution in [0.25, 0.3) is 0 Å². The van der Waals surface area contributed by atoms with E-state index in [1.165, 1.54) is 0 Å². The van der Waals surface area contributed by atoms with Gasteiger partial charge in [-0.25, -0.2) is 13.2 Å². The van der Waals surface area contributed by atoms with Crippen LogP contribution >= 0.6 is 0 Å². The maximum atomic E-state index is 12.6. The summed E-state index contributed by atoms with van der Waals surface area (Å²) in [4.78, 5) is 0. The van der Waals surface area contributed by atoms with Gasteiger partial charge in [0.25, 0.3) is 0 Å². The summed E-state index contributed by atoms with van der Waals surface area (Å²) < 4.78 is 230. The minimum atomic E-state index is -7.42. The average Bonchev–Trinajstić information content (AvgIpc) is 2.55. The van der Waals surface area contributed by atoms with Gasteiger partial charge in [-0.15, -0.1) is 0 Å². The summed E-state index contributed by atoms with van der Waals surface area (Å²) >= 11 is 0. The van der Waals surface area contributed by atoms with Gasteiger partial charge in [-0.3, -0.25) is 4.55 Å². The minimum absolute atomic E-state index is 4.50. The van der Waals surface area contributed by atoms with Gasteiger partial charge in [0.05, 0.1) is 0 Å². The van der Waals surface area contributed by atoms with E-state index in [1.54, 1.807) is 0 Å². The first kappa shape index (κ1) is 28.7. The van der Waals surface area contributed by atoms with E-state index in [1.807, 2.05) is 0 Å². The molecular formula is C9H3F17O3S. The molecule has 1 saturated carbocycles. The van der Waals surface area contributed by atoms with Gasteiger partial charge in [0.15, 0.2) is 0 Å². The molecule has 1 N–H and O–H groups in total. The van der Waals surface area contributed by atoms with E-state index in [2.05, 4.69) is 0 Å². The number of halogens is 17. The molecule has 0 aliphatic heterocycles. The first-order chi connectivity index (χ1) is 12.6. The maximum absolute atomic E-state index is 12.6. The van der Waals surface area contributed by atoms with Crippen LogP contribution in [0.5, 0.6) is 0 Å². The zero-order valence-electron chi connectivity index (χ0n) is 12.8. The molecule has 1 fully saturated rings. The topological polar surface area (TPSA) is 54.4 Å². The molecule has 0 heterocycles. The van der Waals surface area contributed by atoms with E-state index < -0.39 is 63.5 Å². The summed E-state index contributed by atoms with van der Waals surface area (Å²) in [6, 6.07) is 0. The average molecular weight is 514 g/mol. The third-order valence-corrected chi connectivity index (χ3v) is 4.44. The third kappa shape index (κ3) is 3.85. The van der Waals surface area contributed by atoms with Crippen LogP contribution in [-0.4, -0.2) is 66.4 Å². The lowest BCUT2D eigenvalue weighted by Crippen LogP contribution is -2.65. The Bertz CT molecular complexity index is 715. The van der Waals surface area contributed by atoms with Gasteiger partial charge in [-0.2, -0.15) is 69.9 Å². The largest absolute Gasteiger partial charge is 0.458 e. The van der Waals surface area contributed by atoms with Gasteiger partial charge in [0.1, 0.15) is 0 Å². The van der Waals surface area contributed by atoms with E-state index in [-0.39, 0.29) is 0 Å². The molecule has 0 aromatic rings. The van der Waals surface area contributed by atoms with Crippen molar-refractivity contribution in [1.82, 2.24) is 0 Å². The van der Waals surface area contributed by atoms with Gasteiger partial charge in [0, 0.05) is 0 Å². The molecule has 0 radical (unpaired) electrons. The van der Waals surface area contributed by atoms with Gasteiger partial charge >= 0.3 is 51.2 Å². The highest BCUT2D eigenvalue weighted by Crippen LogP contribution is 2.57. The zero-order chi connectivity index (χ0) is 25.2. The molecule has 0 spiro atoms. The van der Waals surface area contributed by atoms with Crippen LogP contribution in [0.2, 0.25) is 0 Å². The monoisotopic (exact) mass is 514 g/mol. The molecule has 182 valence electrons. The molecule has 1 rings (SSSR count). The van der Waals surface area contributed by atoms with E-state index in [4.69, 9.17) is 4.55 Å². The fourth-order valence-electron chi connectivity index (χ4n) is 1.62. The van der Waals surface area contributed by atoms with Crippen molar-refractivity contribution in [2.75, 3.05) is 0 Å². The predicted molar refractivity (Wildman–Crippen MR) is 57.1 cm³/mol. The van der Waals surface area contributed by atoms with Crippen LogP contribution in [0.15, 0.2) is 0 Å². The standard InChI is InChI=1S/C5H2F8.C4HF9O3S/c6-1-3(8,9)2(7)5(12,13)4(1,10)11;5-1(6,3(8,9)10)2(7,4(11,12)13)17(14,15)16/h1-2H;(H,14,15,16). The normalized spacial score (nSPS) is 28.3. The number of hydrogen-bond acceptors (Lipinski definition) is 2. The predicted octanol–water partition coefficient (Wildman–Crippen LogP) is 4.88.